The minimum Gasteiger partial charge on any atom is -0.381 e. The highest BCUT2D eigenvalue weighted by atomic mass is 16.6. The molecule has 4 amide bonds. The molecule has 0 bridgehead atoms. The summed E-state index contributed by atoms with van der Waals surface area (Å²) in [4.78, 5) is 68.6. The average molecular weight is 685 g/mol. The van der Waals surface area contributed by atoms with Gasteiger partial charge in [-0.2, -0.15) is 0 Å². The quantitative estimate of drug-likeness (QED) is 0.0685. The van der Waals surface area contributed by atoms with E-state index in [0.717, 1.165) is 42.9 Å². The van der Waals surface area contributed by atoms with E-state index in [-0.39, 0.29) is 31.0 Å². The third kappa shape index (κ3) is 8.73. The van der Waals surface area contributed by atoms with Gasteiger partial charge in [0.2, 0.25) is 17.7 Å². The van der Waals surface area contributed by atoms with Crippen LogP contribution in [0.4, 0.5) is 5.69 Å². The molecule has 15 nitrogen and oxygen atoms in total. The normalized spacial score (nSPS) is 19.5. The van der Waals surface area contributed by atoms with Crippen LogP contribution in [0.2, 0.25) is 0 Å². The minimum absolute atomic E-state index is 0.0344. The number of aliphatic hydroxyl groups excluding tert-OH is 1. The van der Waals surface area contributed by atoms with E-state index in [1.807, 2.05) is 30.3 Å². The summed E-state index contributed by atoms with van der Waals surface area (Å²) in [6, 6.07) is 14.1. The molecule has 262 valence electrons. The number of nitro groups is 1. The van der Waals surface area contributed by atoms with Crippen molar-refractivity contribution in [2.75, 3.05) is 6.54 Å². The third-order valence-electron chi connectivity index (χ3n) is 9.59. The zero-order chi connectivity index (χ0) is 35.8. The third-order valence-corrected chi connectivity index (χ3v) is 9.59. The van der Waals surface area contributed by atoms with Gasteiger partial charge in [-0.3, -0.25) is 29.3 Å². The number of azide groups is 1. The number of nitrogens with one attached hydrogen (secondary N) is 2. The molecule has 2 fully saturated rings. The summed E-state index contributed by atoms with van der Waals surface area (Å²) in [6.45, 7) is -0.0839. The van der Waals surface area contributed by atoms with Crippen LogP contribution >= 0.6 is 0 Å². The van der Waals surface area contributed by atoms with Gasteiger partial charge in [-0.1, -0.05) is 79.7 Å². The van der Waals surface area contributed by atoms with E-state index >= 15 is 0 Å². The van der Waals surface area contributed by atoms with E-state index in [9.17, 15) is 39.9 Å². The van der Waals surface area contributed by atoms with Crippen LogP contribution in [0, 0.1) is 16.0 Å². The lowest BCUT2D eigenvalue weighted by Crippen LogP contribution is -2.57. The average Bonchev–Trinajstić information content (AvgIpc) is 3.55. The molecule has 5 atom stereocenters. The molecule has 2 aliphatic rings. The van der Waals surface area contributed by atoms with Crippen molar-refractivity contribution in [2.45, 2.75) is 81.6 Å². The van der Waals surface area contributed by atoms with E-state index in [1.54, 1.807) is 12.1 Å². The highest BCUT2D eigenvalue weighted by molar-refractivity contribution is 6.01. The molecule has 5 rings (SSSR count). The largest absolute Gasteiger partial charge is 0.381 e. The first-order valence-electron chi connectivity index (χ1n) is 16.7. The van der Waals surface area contributed by atoms with Crippen molar-refractivity contribution in [3.63, 3.8) is 0 Å². The summed E-state index contributed by atoms with van der Waals surface area (Å²) in [6.07, 6.45) is 3.30. The molecule has 1 saturated heterocycles. The van der Waals surface area contributed by atoms with Crippen molar-refractivity contribution < 1.29 is 29.2 Å². The van der Waals surface area contributed by atoms with Crippen molar-refractivity contribution in [3.05, 3.63) is 98.4 Å². The number of non-ortho nitro benzene ring substituents is 1. The number of nitro benzene ring substituents is 1. The number of fused-ring (bicyclic) bond motifs is 1. The lowest BCUT2D eigenvalue weighted by Gasteiger charge is -2.32. The second kappa shape index (κ2) is 16.2. The number of likely N-dealkylation sites (tertiary alicyclic amines) is 1. The van der Waals surface area contributed by atoms with Crippen molar-refractivity contribution in [1.29, 1.82) is 0 Å². The van der Waals surface area contributed by atoms with Gasteiger partial charge in [0, 0.05) is 29.2 Å². The van der Waals surface area contributed by atoms with Crippen LogP contribution in [0.1, 0.15) is 60.9 Å². The fourth-order valence-electron chi connectivity index (χ4n) is 6.94. The topological polar surface area (TPSA) is 234 Å². The zero-order valence-corrected chi connectivity index (χ0v) is 27.4. The Bertz CT molecular complexity index is 1790. The number of benzene rings is 3. The van der Waals surface area contributed by atoms with Crippen molar-refractivity contribution in [3.8, 4) is 0 Å². The SMILES string of the molecule is [N-]=[N+]=N[C@H]1C[C@@H](C(=O)NC(Cc2ccc([N+](=O)[O-])cc2)C(O)C(N)=O)N(C(=O)[C@@H](CC2CCCCC2)NC(=O)c2ccc3ccccc3c2)C1. The van der Waals surface area contributed by atoms with Gasteiger partial charge < -0.3 is 26.4 Å². The molecule has 1 heterocycles. The smallest absolute Gasteiger partial charge is 0.269 e. The van der Waals surface area contributed by atoms with E-state index in [0.29, 0.717) is 17.5 Å². The Kier molecular flexibility index (Phi) is 11.6. The van der Waals surface area contributed by atoms with Gasteiger partial charge in [0.1, 0.15) is 12.1 Å². The highest BCUT2D eigenvalue weighted by Crippen LogP contribution is 2.30. The fourth-order valence-corrected chi connectivity index (χ4v) is 6.94. The molecule has 0 spiro atoms. The standard InChI is InChI=1S/C35H40N8O7/c36-32(45)31(44)28(16-22-10-14-27(15-11-22)43(49)50)38-34(47)30-19-26(40-41-37)20-42(30)35(48)29(17-21-6-2-1-3-7-21)39-33(46)25-13-12-23-8-4-5-9-24(23)18-25/h4-5,8-15,18,21,26,28-31,44H,1-3,6-7,16-17,19-20H2,(H2,36,45)(H,38,47)(H,39,46)/t26-,28?,29+,30-,31?/m0/s1. The summed E-state index contributed by atoms with van der Waals surface area (Å²) in [7, 11) is 0. The number of rotatable bonds is 13. The van der Waals surface area contributed by atoms with Crippen molar-refractivity contribution >= 4 is 40.1 Å². The number of aliphatic hydroxyl groups is 1. The monoisotopic (exact) mass is 684 g/mol. The Hall–Kier alpha value is -5.53. The molecule has 1 aliphatic carbocycles. The maximum Gasteiger partial charge on any atom is 0.269 e. The number of amides is 4. The molecule has 3 aromatic carbocycles. The van der Waals surface area contributed by atoms with Gasteiger partial charge in [-0.05, 0) is 59.2 Å². The maximum absolute atomic E-state index is 14.4. The number of carbonyl (C=O) groups excluding carboxylic acids is 4. The number of nitrogens with two attached hydrogens (primary N) is 1. The molecule has 1 saturated carbocycles. The van der Waals surface area contributed by atoms with Gasteiger partial charge in [-0.25, -0.2) is 0 Å². The molecule has 5 N–H and O–H groups in total. The summed E-state index contributed by atoms with van der Waals surface area (Å²) in [5, 5.41) is 32.9. The summed E-state index contributed by atoms with van der Waals surface area (Å²) >= 11 is 0. The van der Waals surface area contributed by atoms with E-state index in [4.69, 9.17) is 5.73 Å². The van der Waals surface area contributed by atoms with Crippen LogP contribution in [0.3, 0.4) is 0 Å². The van der Waals surface area contributed by atoms with E-state index in [1.165, 1.54) is 29.2 Å². The molecule has 2 unspecified atom stereocenters. The first-order chi connectivity index (χ1) is 24.0. The van der Waals surface area contributed by atoms with Gasteiger partial charge >= 0.3 is 0 Å². The lowest BCUT2D eigenvalue weighted by molar-refractivity contribution is -0.384. The molecular formula is C35H40N8O7. The molecular weight excluding hydrogens is 644 g/mol. The Morgan fingerprint density at radius 1 is 1.02 bits per heavy atom. The van der Waals surface area contributed by atoms with E-state index in [2.05, 4.69) is 20.7 Å². The number of hydrogen-bond acceptors (Lipinski definition) is 8. The summed E-state index contributed by atoms with van der Waals surface area (Å²) in [5.74, 6) is -2.60. The fraction of sp³-hybridized carbons (Fsp3) is 0.429. The van der Waals surface area contributed by atoms with Crippen LogP contribution in [0.15, 0.2) is 71.8 Å². The first kappa shape index (κ1) is 35.8. The van der Waals surface area contributed by atoms with Crippen LogP contribution in [0.5, 0.6) is 0 Å². The maximum atomic E-state index is 14.4. The zero-order valence-electron chi connectivity index (χ0n) is 27.4. The minimum atomic E-state index is -1.83. The van der Waals surface area contributed by atoms with Gasteiger partial charge in [-0.15, -0.1) is 0 Å². The van der Waals surface area contributed by atoms with Crippen LogP contribution in [0.25, 0.3) is 21.2 Å². The second-order valence-electron chi connectivity index (χ2n) is 13.0. The van der Waals surface area contributed by atoms with E-state index < -0.39 is 58.8 Å². The predicted molar refractivity (Wildman–Crippen MR) is 183 cm³/mol. The Morgan fingerprint density at radius 3 is 2.38 bits per heavy atom. The molecule has 0 radical (unpaired) electrons. The van der Waals surface area contributed by atoms with Gasteiger partial charge in [0.25, 0.3) is 11.6 Å². The molecule has 50 heavy (non-hydrogen) atoms. The highest BCUT2D eigenvalue weighted by Gasteiger charge is 2.43. The number of nitrogens with zero attached hydrogens (tertiary/aromatic N) is 5. The molecule has 15 heteroatoms. The Labute approximate surface area is 288 Å². The van der Waals surface area contributed by atoms with Crippen LogP contribution in [-0.4, -0.2) is 75.4 Å². The Morgan fingerprint density at radius 2 is 1.72 bits per heavy atom. The second-order valence-corrected chi connectivity index (χ2v) is 13.0. The molecule has 0 aromatic heterocycles. The predicted octanol–water partition coefficient (Wildman–Crippen LogP) is 3.67. The number of carbonyl (C=O) groups is 4. The molecule has 3 aromatic rings. The number of hydrogen-bond donors (Lipinski definition) is 4. The van der Waals surface area contributed by atoms with Gasteiger partial charge in [0.15, 0.2) is 6.10 Å². The lowest BCUT2D eigenvalue weighted by atomic mass is 9.84. The van der Waals surface area contributed by atoms with Gasteiger partial charge in [0.05, 0.1) is 17.0 Å². The summed E-state index contributed by atoms with van der Waals surface area (Å²) in [5.41, 5.74) is 15.3. The van der Waals surface area contributed by atoms with Crippen LogP contribution in [-0.2, 0) is 20.8 Å². The summed E-state index contributed by atoms with van der Waals surface area (Å²) < 4.78 is 0. The Balaban J connectivity index is 1.39. The van der Waals surface area contributed by atoms with Crippen molar-refractivity contribution in [2.24, 2.45) is 16.8 Å². The first-order valence-corrected chi connectivity index (χ1v) is 16.7. The van der Waals surface area contributed by atoms with Crippen molar-refractivity contribution in [1.82, 2.24) is 15.5 Å². The van der Waals surface area contributed by atoms with Crippen LogP contribution < -0.4 is 16.4 Å². The number of primary amides is 1. The molecule has 1 aliphatic heterocycles.